The molecule has 0 saturated heterocycles. The van der Waals surface area contributed by atoms with Gasteiger partial charge in [-0.1, -0.05) is 70.5 Å². The van der Waals surface area contributed by atoms with Crippen LogP contribution in [0.4, 0.5) is 0 Å². The maximum atomic E-state index is 11.1. The number of carbonyl (C=O) groups excluding carboxylic acids is 1. The van der Waals surface area contributed by atoms with Crippen LogP contribution in [0.15, 0.2) is 54.6 Å². The van der Waals surface area contributed by atoms with Gasteiger partial charge in [-0.25, -0.2) is 0 Å². The van der Waals surface area contributed by atoms with Gasteiger partial charge in [0.15, 0.2) is 0 Å². The van der Waals surface area contributed by atoms with Gasteiger partial charge >= 0.3 is 0 Å². The largest absolute Gasteiger partial charge is 0.376 e. The van der Waals surface area contributed by atoms with E-state index >= 15 is 0 Å². The maximum Gasteiger partial charge on any atom is 0.145 e. The Labute approximate surface area is 127 Å². The van der Waals surface area contributed by atoms with Crippen LogP contribution in [0.25, 0.3) is 11.1 Å². The van der Waals surface area contributed by atoms with Crippen molar-refractivity contribution in [3.63, 3.8) is 0 Å². The summed E-state index contributed by atoms with van der Waals surface area (Å²) in [5.74, 6) is 0.171. The molecule has 20 heavy (non-hydrogen) atoms. The van der Waals surface area contributed by atoms with Gasteiger partial charge in [-0.05, 0) is 16.7 Å². The zero-order valence-corrected chi connectivity index (χ0v) is 12.8. The molecule has 3 heteroatoms. The van der Waals surface area contributed by atoms with E-state index in [-0.39, 0.29) is 5.78 Å². The number of hydrogen-bond acceptors (Lipinski definition) is 2. The molecule has 0 fully saturated rings. The van der Waals surface area contributed by atoms with Crippen LogP contribution in [0.2, 0.25) is 0 Å². The molecular weight excluding hydrogens is 316 g/mol. The monoisotopic (exact) mass is 332 g/mol. The van der Waals surface area contributed by atoms with E-state index in [1.807, 2.05) is 18.2 Å². The fourth-order valence-electron chi connectivity index (χ4n) is 1.87. The molecule has 0 unspecified atom stereocenters. The van der Waals surface area contributed by atoms with Crippen molar-refractivity contribution in [1.29, 1.82) is 0 Å². The first-order chi connectivity index (χ1) is 9.79. The minimum absolute atomic E-state index is 0.171. The molecule has 0 aromatic heterocycles. The molecular formula is C17H17BrO2. The van der Waals surface area contributed by atoms with Crippen LogP contribution in [0.3, 0.4) is 0 Å². The smallest absolute Gasteiger partial charge is 0.145 e. The summed E-state index contributed by atoms with van der Waals surface area (Å²) < 4.78 is 5.50. The number of alkyl halides is 1. The van der Waals surface area contributed by atoms with Crippen molar-refractivity contribution in [2.24, 2.45) is 0 Å². The van der Waals surface area contributed by atoms with Crippen molar-refractivity contribution < 1.29 is 9.53 Å². The Balaban J connectivity index is 1.85. The van der Waals surface area contributed by atoms with Crippen molar-refractivity contribution in [3.8, 4) is 11.1 Å². The van der Waals surface area contributed by atoms with Gasteiger partial charge in [-0.3, -0.25) is 4.79 Å². The molecule has 0 radical (unpaired) electrons. The van der Waals surface area contributed by atoms with Gasteiger partial charge in [0.05, 0.1) is 18.5 Å². The Morgan fingerprint density at radius 3 is 2.25 bits per heavy atom. The van der Waals surface area contributed by atoms with E-state index in [9.17, 15) is 4.79 Å². The number of ether oxygens (including phenoxy) is 1. The van der Waals surface area contributed by atoms with Crippen LogP contribution in [-0.2, 0) is 16.1 Å². The second-order valence-corrected chi connectivity index (χ2v) is 5.10. The number of hydrogen-bond donors (Lipinski definition) is 0. The van der Waals surface area contributed by atoms with Crippen molar-refractivity contribution in [2.75, 3.05) is 11.9 Å². The second kappa shape index (κ2) is 7.98. The summed E-state index contributed by atoms with van der Waals surface area (Å²) in [5, 5.41) is 0.405. The molecule has 2 aromatic carbocycles. The fourth-order valence-corrected chi connectivity index (χ4v) is 2.15. The molecule has 0 aliphatic rings. The third-order valence-electron chi connectivity index (χ3n) is 3.00. The minimum atomic E-state index is 0.171. The lowest BCUT2D eigenvalue weighted by molar-refractivity contribution is -0.117. The minimum Gasteiger partial charge on any atom is -0.376 e. The number of ketones is 1. The van der Waals surface area contributed by atoms with E-state index in [2.05, 4.69) is 52.3 Å². The Hall–Kier alpha value is -1.45. The van der Waals surface area contributed by atoms with Crippen LogP contribution >= 0.6 is 15.9 Å². The third-order valence-corrected chi connectivity index (χ3v) is 3.63. The molecule has 0 saturated carbocycles. The average Bonchev–Trinajstić information content (AvgIpc) is 2.52. The van der Waals surface area contributed by atoms with Crippen molar-refractivity contribution in [2.45, 2.75) is 13.0 Å². The summed E-state index contributed by atoms with van der Waals surface area (Å²) >= 11 is 3.14. The van der Waals surface area contributed by atoms with Gasteiger partial charge in [-0.15, -0.1) is 0 Å². The Morgan fingerprint density at radius 2 is 1.60 bits per heavy atom. The lowest BCUT2D eigenvalue weighted by atomic mass is 10.0. The third kappa shape index (κ3) is 4.58. The Bertz CT molecular complexity index is 535. The number of rotatable bonds is 7. The molecule has 0 amide bonds. The van der Waals surface area contributed by atoms with E-state index in [0.717, 1.165) is 5.56 Å². The van der Waals surface area contributed by atoms with Gasteiger partial charge < -0.3 is 4.74 Å². The predicted molar refractivity (Wildman–Crippen MR) is 85.0 cm³/mol. The van der Waals surface area contributed by atoms with E-state index < -0.39 is 0 Å². The summed E-state index contributed by atoms with van der Waals surface area (Å²) in [5.41, 5.74) is 3.53. The molecule has 0 aliphatic carbocycles. The van der Waals surface area contributed by atoms with Crippen molar-refractivity contribution in [1.82, 2.24) is 0 Å². The first-order valence-corrected chi connectivity index (χ1v) is 7.71. The average molecular weight is 333 g/mol. The van der Waals surface area contributed by atoms with Gasteiger partial charge in [0.2, 0.25) is 0 Å². The molecule has 0 aliphatic heterocycles. The SMILES string of the molecule is O=C(CBr)CCOCc1ccc(-c2ccccc2)cc1. The lowest BCUT2D eigenvalue weighted by Gasteiger charge is -2.05. The van der Waals surface area contributed by atoms with E-state index in [4.69, 9.17) is 4.74 Å². The fraction of sp³-hybridized carbons (Fsp3) is 0.235. The van der Waals surface area contributed by atoms with E-state index in [1.54, 1.807) is 0 Å². The first kappa shape index (κ1) is 14.9. The molecule has 2 nitrogen and oxygen atoms in total. The highest BCUT2D eigenvalue weighted by atomic mass is 79.9. The summed E-state index contributed by atoms with van der Waals surface area (Å²) in [6.07, 6.45) is 0.466. The van der Waals surface area contributed by atoms with E-state index in [0.29, 0.717) is 25.0 Å². The predicted octanol–water partition coefficient (Wildman–Crippen LogP) is 4.22. The van der Waals surface area contributed by atoms with Gasteiger partial charge in [-0.2, -0.15) is 0 Å². The van der Waals surface area contributed by atoms with E-state index in [1.165, 1.54) is 11.1 Å². The summed E-state index contributed by atoms with van der Waals surface area (Å²) in [6.45, 7) is 1.02. The van der Waals surface area contributed by atoms with Gasteiger partial charge in [0.1, 0.15) is 5.78 Å². The molecule has 0 spiro atoms. The number of benzene rings is 2. The molecule has 2 aromatic rings. The molecule has 104 valence electrons. The van der Waals surface area contributed by atoms with Crippen LogP contribution < -0.4 is 0 Å². The highest BCUT2D eigenvalue weighted by Gasteiger charge is 2.00. The van der Waals surface area contributed by atoms with Crippen LogP contribution in [0.1, 0.15) is 12.0 Å². The summed E-state index contributed by atoms with van der Waals surface area (Å²) in [7, 11) is 0. The van der Waals surface area contributed by atoms with Crippen LogP contribution in [0.5, 0.6) is 0 Å². The molecule has 0 N–H and O–H groups in total. The normalized spacial score (nSPS) is 10.4. The summed E-state index contributed by atoms with van der Waals surface area (Å²) in [6, 6.07) is 18.6. The number of halogens is 1. The molecule has 2 rings (SSSR count). The van der Waals surface area contributed by atoms with Gasteiger partial charge in [0.25, 0.3) is 0 Å². The quantitative estimate of drug-likeness (QED) is 0.560. The van der Waals surface area contributed by atoms with Crippen LogP contribution in [-0.4, -0.2) is 17.7 Å². The highest BCUT2D eigenvalue weighted by Crippen LogP contribution is 2.19. The van der Waals surface area contributed by atoms with Crippen molar-refractivity contribution in [3.05, 3.63) is 60.2 Å². The van der Waals surface area contributed by atoms with Gasteiger partial charge in [0, 0.05) is 6.42 Å². The standard InChI is InChI=1S/C17H17BrO2/c18-12-17(19)10-11-20-13-14-6-8-16(9-7-14)15-4-2-1-3-5-15/h1-9H,10-13H2. The Kier molecular flexibility index (Phi) is 5.96. The highest BCUT2D eigenvalue weighted by molar-refractivity contribution is 9.09. The second-order valence-electron chi connectivity index (χ2n) is 4.54. The van der Waals surface area contributed by atoms with Crippen LogP contribution in [0, 0.1) is 0 Å². The number of carbonyl (C=O) groups is 1. The molecule has 0 bridgehead atoms. The molecule has 0 heterocycles. The zero-order chi connectivity index (χ0) is 14.2. The maximum absolute atomic E-state index is 11.1. The Morgan fingerprint density at radius 1 is 0.950 bits per heavy atom. The van der Waals surface area contributed by atoms with Crippen molar-refractivity contribution >= 4 is 21.7 Å². The first-order valence-electron chi connectivity index (χ1n) is 6.59. The zero-order valence-electron chi connectivity index (χ0n) is 11.2. The topological polar surface area (TPSA) is 26.3 Å². The summed E-state index contributed by atoms with van der Waals surface area (Å²) in [4.78, 5) is 11.1. The lowest BCUT2D eigenvalue weighted by Crippen LogP contribution is -2.04. The molecule has 0 atom stereocenters. The number of Topliss-reactive ketones (excluding diaryl/α,β-unsaturated/α-hetero) is 1.